The first-order valence-electron chi connectivity index (χ1n) is 12.9. The van der Waals surface area contributed by atoms with Gasteiger partial charge in [-0.1, -0.05) is 17.8 Å². The number of aromatic carboxylic acids is 1. The van der Waals surface area contributed by atoms with Gasteiger partial charge >= 0.3 is 65.6 Å². The number of methoxy groups -OCH3 is 3. The van der Waals surface area contributed by atoms with Crippen LogP contribution in [0.3, 0.4) is 0 Å². The van der Waals surface area contributed by atoms with Crippen LogP contribution in [0.2, 0.25) is 0 Å². The Labute approximate surface area is 314 Å². The van der Waals surface area contributed by atoms with Gasteiger partial charge in [0.25, 0.3) is 20.0 Å². The van der Waals surface area contributed by atoms with Crippen LogP contribution in [0.4, 0.5) is 21.5 Å². The number of thioether (sulfide) groups is 1. The van der Waals surface area contributed by atoms with Crippen molar-refractivity contribution < 1.29 is 55.3 Å². The molecule has 27 heteroatoms. The fourth-order valence-corrected chi connectivity index (χ4v) is 8.32. The number of carboxylic acids is 1. The fourth-order valence-electron chi connectivity index (χ4n) is 3.49. The number of amides is 4. The molecule has 4 rings (SSSR count). The average Bonchev–Trinajstić information content (AvgIpc) is 3.72. The molecule has 0 saturated carbocycles. The number of ether oxygens (including phenoxy) is 3. The van der Waals surface area contributed by atoms with Crippen molar-refractivity contribution in [2.45, 2.75) is 29.2 Å². The van der Waals surface area contributed by atoms with Crippen LogP contribution >= 0.6 is 23.1 Å². The van der Waals surface area contributed by atoms with Gasteiger partial charge in [-0.2, -0.15) is 29.9 Å². The van der Waals surface area contributed by atoms with Gasteiger partial charge in [0.05, 0.1) is 21.3 Å². The normalized spacial score (nSPS) is 14.9. The van der Waals surface area contributed by atoms with Crippen molar-refractivity contribution in [3.8, 4) is 12.0 Å². The Bertz CT molecular complexity index is 2000. The molecular weight excluding hydrogens is 760 g/mol. The van der Waals surface area contributed by atoms with Gasteiger partial charge in [-0.15, -0.1) is 11.3 Å². The molecule has 0 bridgehead atoms. The van der Waals surface area contributed by atoms with Crippen LogP contribution in [0, 0.1) is 13.8 Å². The van der Waals surface area contributed by atoms with E-state index in [1.165, 1.54) is 44.9 Å². The average molecular weight is 787 g/mol. The summed E-state index contributed by atoms with van der Waals surface area (Å²) in [5.74, 6) is -2.33. The summed E-state index contributed by atoms with van der Waals surface area (Å²) < 4.78 is 65.0. The van der Waals surface area contributed by atoms with Crippen molar-refractivity contribution in [3.63, 3.8) is 0 Å². The third-order valence-corrected chi connectivity index (χ3v) is 11.6. The number of allylic oxidation sites excluding steroid dienone is 1. The number of esters is 1. The number of nitrogens with zero attached hydrogens (tertiary/aromatic N) is 6. The van der Waals surface area contributed by atoms with Gasteiger partial charge in [-0.3, -0.25) is 10.6 Å². The van der Waals surface area contributed by atoms with Crippen LogP contribution in [0.25, 0.3) is 0 Å². The topological polar surface area (TPSA) is 310 Å². The summed E-state index contributed by atoms with van der Waals surface area (Å²) in [6.45, 7) is 3.06. The number of nitrogens with one attached hydrogen (secondary N) is 4. The maximum absolute atomic E-state index is 12.5. The summed E-state index contributed by atoms with van der Waals surface area (Å²) in [6, 6.07) is -1.33. The van der Waals surface area contributed by atoms with Gasteiger partial charge in [-0.25, -0.2) is 45.5 Å². The Morgan fingerprint density at radius 1 is 0.840 bits per heavy atom. The first-order valence-corrected chi connectivity index (χ1v) is 17.6. The zero-order valence-corrected chi connectivity index (χ0v) is 29.0. The van der Waals surface area contributed by atoms with E-state index >= 15 is 0 Å². The second-order valence-corrected chi connectivity index (χ2v) is 14.8. The van der Waals surface area contributed by atoms with Crippen LogP contribution < -0.4 is 29.6 Å². The summed E-state index contributed by atoms with van der Waals surface area (Å²) in [5, 5.41) is 16.0. The van der Waals surface area contributed by atoms with Gasteiger partial charge in [0.15, 0.2) is 0 Å². The number of carbonyl (C=O) groups excluding carboxylic acids is 3. The summed E-state index contributed by atoms with van der Waals surface area (Å²) in [7, 11) is -5.08. The van der Waals surface area contributed by atoms with Gasteiger partial charge in [0.2, 0.25) is 16.0 Å². The Morgan fingerprint density at radius 3 is 1.80 bits per heavy atom. The number of aryl methyl sites for hydroxylation is 2. The van der Waals surface area contributed by atoms with E-state index in [1.807, 2.05) is 0 Å². The molecule has 4 amide bonds. The summed E-state index contributed by atoms with van der Waals surface area (Å²) in [4.78, 5) is 68.7. The number of rotatable bonds is 10. The molecule has 1 aliphatic heterocycles. The minimum atomic E-state index is -4.42. The van der Waals surface area contributed by atoms with E-state index in [1.54, 1.807) is 9.44 Å². The van der Waals surface area contributed by atoms with Crippen LogP contribution in [0.1, 0.15) is 27.7 Å². The Hall–Kier alpha value is -4.21. The first-order chi connectivity index (χ1) is 23.0. The number of sulfonamides is 2. The molecule has 0 spiro atoms. The van der Waals surface area contributed by atoms with Crippen molar-refractivity contribution in [2.24, 2.45) is 0 Å². The summed E-state index contributed by atoms with van der Waals surface area (Å²) in [5.41, 5.74) is 0. The predicted molar refractivity (Wildman–Crippen MR) is 177 cm³/mol. The molecule has 3 aromatic heterocycles. The van der Waals surface area contributed by atoms with Crippen molar-refractivity contribution in [1.82, 2.24) is 39.3 Å². The number of thiophene rings is 1. The van der Waals surface area contributed by atoms with Crippen molar-refractivity contribution in [2.75, 3.05) is 32.0 Å². The van der Waals surface area contributed by atoms with Crippen LogP contribution in [-0.2, 0) is 29.6 Å². The van der Waals surface area contributed by atoms with Crippen LogP contribution in [0.15, 0.2) is 27.8 Å². The molecule has 22 nitrogen and oxygen atoms in total. The third kappa shape index (κ3) is 10.4. The molecule has 1 unspecified atom stereocenters. The molecule has 0 saturated heterocycles. The van der Waals surface area contributed by atoms with Gasteiger partial charge in [0, 0.05) is 6.42 Å². The molecule has 0 radical (unpaired) electrons. The second kappa shape index (κ2) is 17.6. The molecule has 3 aromatic rings. The summed E-state index contributed by atoms with van der Waals surface area (Å²) in [6.07, 6.45) is 1.37. The van der Waals surface area contributed by atoms with Crippen molar-refractivity contribution in [3.05, 3.63) is 39.5 Å². The van der Waals surface area contributed by atoms with E-state index in [9.17, 15) is 36.0 Å². The minimum absolute atomic E-state index is 0. The number of carboxylic acid groups (broad SMARTS) is 1. The molecule has 5 N–H and O–H groups in total. The van der Waals surface area contributed by atoms with E-state index in [-0.39, 0.29) is 71.5 Å². The fraction of sp³-hybridized carbons (Fsp3) is 0.304. The predicted octanol–water partition coefficient (Wildman–Crippen LogP) is -0.0300. The van der Waals surface area contributed by atoms with E-state index in [0.717, 1.165) is 36.3 Å². The number of anilines is 2. The SMILES string of the molecule is COC(=O)C1(S(=O)(=O)NC(=O)Nc2nc(C)nc(OC)n2)CC=CS1.COc1nc(C)nc(NC(=O)NS(=O)(=O)c2ccsc2C(=O)O)n1.[NaH]. The third-order valence-electron chi connectivity index (χ3n) is 5.51. The van der Waals surface area contributed by atoms with E-state index in [2.05, 4.69) is 45.3 Å². The van der Waals surface area contributed by atoms with Gasteiger partial charge in [0.1, 0.15) is 21.4 Å². The number of aromatic nitrogens is 6. The summed E-state index contributed by atoms with van der Waals surface area (Å²) >= 11 is 1.46. The maximum atomic E-state index is 12.5. The van der Waals surface area contributed by atoms with Gasteiger partial charge < -0.3 is 19.3 Å². The number of hydrogen-bond donors (Lipinski definition) is 5. The molecule has 0 fully saturated rings. The van der Waals surface area contributed by atoms with E-state index in [0.29, 0.717) is 0 Å². The Balaban J connectivity index is 0.000000340. The number of carbonyl (C=O) groups is 4. The van der Waals surface area contributed by atoms with Crippen LogP contribution in [0.5, 0.6) is 12.0 Å². The molecule has 0 aliphatic carbocycles. The zero-order chi connectivity index (χ0) is 36.6. The molecule has 1 aliphatic rings. The Morgan fingerprint density at radius 2 is 1.36 bits per heavy atom. The Kier molecular flexibility index (Phi) is 14.8. The monoisotopic (exact) mass is 786 g/mol. The van der Waals surface area contributed by atoms with Crippen molar-refractivity contribution in [1.29, 1.82) is 0 Å². The molecule has 4 heterocycles. The molecule has 1 atom stereocenters. The molecule has 0 aromatic carbocycles. The standard InChI is InChI=1S/C12H15N5O6S2.C11H11N5O6S2.Na.H/c1-7-13-9(16-11(14-7)23-3)15-10(19)17-25(20,21)12(8(18)22-2)5-4-6-24-12;1-5-12-9(15-11(13-5)22-2)14-10(19)16-24(20,21)6-3-4-23-7(6)8(17)18;;/h4,6H,5H2,1-3H3,(H2,13,14,15,16,17,19);3-4H,1-2H3,(H,17,18)(H2,12,13,14,15,16,19);;. The van der Waals surface area contributed by atoms with E-state index in [4.69, 9.17) is 14.6 Å². The first kappa shape index (κ1) is 42.0. The van der Waals surface area contributed by atoms with Crippen molar-refractivity contribution >= 4 is 109 Å². The molecule has 50 heavy (non-hydrogen) atoms. The molecule has 266 valence electrons. The second-order valence-electron chi connectivity index (χ2n) is 8.86. The zero-order valence-electron chi connectivity index (χ0n) is 25.8. The number of urea groups is 2. The van der Waals surface area contributed by atoms with Gasteiger partial charge in [-0.05, 0) is 30.7 Å². The molecular formula is C23H27N10NaO12S4. The van der Waals surface area contributed by atoms with Crippen LogP contribution in [-0.4, -0.2) is 131 Å². The van der Waals surface area contributed by atoms with E-state index < -0.39 is 57.9 Å². The number of hydrogen-bond acceptors (Lipinski definition) is 19. The quantitative estimate of drug-likeness (QED) is 0.133.